The van der Waals surface area contributed by atoms with Crippen LogP contribution in [0, 0.1) is 0 Å². The highest BCUT2D eigenvalue weighted by Gasteiger charge is 2.09. The van der Waals surface area contributed by atoms with Crippen molar-refractivity contribution in [3.63, 3.8) is 0 Å². The van der Waals surface area contributed by atoms with Gasteiger partial charge in [0.1, 0.15) is 0 Å². The van der Waals surface area contributed by atoms with Crippen LogP contribution in [-0.4, -0.2) is 11.5 Å². The molecule has 0 aliphatic heterocycles. The third-order valence-corrected chi connectivity index (χ3v) is 5.15. The van der Waals surface area contributed by atoms with Gasteiger partial charge in [0, 0.05) is 22.5 Å². The molecule has 1 unspecified atom stereocenters. The minimum absolute atomic E-state index is 0.330. The fourth-order valence-electron chi connectivity index (χ4n) is 1.70. The van der Waals surface area contributed by atoms with E-state index < -0.39 is 0 Å². The Kier molecular flexibility index (Phi) is 5.70. The van der Waals surface area contributed by atoms with Gasteiger partial charge in [-0.2, -0.15) is 0 Å². The van der Waals surface area contributed by atoms with Crippen LogP contribution in [0.15, 0.2) is 39.0 Å². The first-order valence-corrected chi connectivity index (χ1v) is 8.38. The number of nitrogens with zero attached hydrogens (tertiary/aromatic N) is 1. The highest BCUT2D eigenvalue weighted by Crippen LogP contribution is 2.35. The first-order valence-electron chi connectivity index (χ1n) is 6.31. The van der Waals surface area contributed by atoms with Crippen LogP contribution in [0.2, 0.25) is 5.02 Å². The molecule has 0 bridgehead atoms. The van der Waals surface area contributed by atoms with E-state index in [1.165, 1.54) is 5.56 Å². The molecule has 0 fully saturated rings. The van der Waals surface area contributed by atoms with Crippen molar-refractivity contribution in [3.8, 4) is 0 Å². The molecule has 0 spiro atoms. The van der Waals surface area contributed by atoms with Gasteiger partial charge in [-0.3, -0.25) is 0 Å². The van der Waals surface area contributed by atoms with Crippen molar-refractivity contribution in [3.05, 3.63) is 40.4 Å². The molecule has 0 amide bonds. The van der Waals surface area contributed by atoms with Crippen molar-refractivity contribution in [1.82, 2.24) is 10.3 Å². The van der Waals surface area contributed by atoms with Crippen LogP contribution < -0.4 is 5.32 Å². The summed E-state index contributed by atoms with van der Waals surface area (Å²) in [7, 11) is 0. The van der Waals surface area contributed by atoms with Crippen molar-refractivity contribution in [2.75, 3.05) is 6.54 Å². The highest BCUT2D eigenvalue weighted by atomic mass is 35.5. The van der Waals surface area contributed by atoms with E-state index in [-0.39, 0.29) is 0 Å². The molecule has 0 saturated heterocycles. The quantitative estimate of drug-likeness (QED) is 0.811. The fraction of sp³-hybridized carbons (Fsp3) is 0.357. The third kappa shape index (κ3) is 4.21. The zero-order valence-corrected chi connectivity index (χ0v) is 13.4. The molecule has 19 heavy (non-hydrogen) atoms. The van der Waals surface area contributed by atoms with Crippen LogP contribution in [0.1, 0.15) is 31.9 Å². The second-order valence-corrected chi connectivity index (χ2v) is 6.86. The molecule has 1 atom stereocenters. The second-order valence-electron chi connectivity index (χ2n) is 4.27. The van der Waals surface area contributed by atoms with Crippen LogP contribution in [0.3, 0.4) is 0 Å². The van der Waals surface area contributed by atoms with Crippen LogP contribution in [-0.2, 0) is 0 Å². The molecule has 2 aromatic rings. The zero-order valence-electron chi connectivity index (χ0n) is 11.0. The number of rotatable bonds is 6. The molecule has 1 aromatic heterocycles. The summed E-state index contributed by atoms with van der Waals surface area (Å²) in [4.78, 5) is 5.32. The third-order valence-electron chi connectivity index (χ3n) is 2.76. The van der Waals surface area contributed by atoms with Crippen molar-refractivity contribution in [2.24, 2.45) is 0 Å². The molecule has 0 saturated carbocycles. The maximum atomic E-state index is 6.35. The van der Waals surface area contributed by atoms with Gasteiger partial charge in [-0.1, -0.05) is 36.4 Å². The number of hydrogen-bond donors (Lipinski definition) is 1. The first-order chi connectivity index (χ1) is 9.20. The summed E-state index contributed by atoms with van der Waals surface area (Å²) in [5, 5.41) is 6.23. The van der Waals surface area contributed by atoms with Crippen LogP contribution in [0.25, 0.3) is 0 Å². The minimum atomic E-state index is 0.330. The molecule has 102 valence electrons. The van der Waals surface area contributed by atoms with E-state index in [2.05, 4.69) is 36.3 Å². The molecule has 0 radical (unpaired) electrons. The van der Waals surface area contributed by atoms with Crippen molar-refractivity contribution in [2.45, 2.75) is 35.5 Å². The molecule has 1 heterocycles. The normalized spacial score (nSPS) is 12.6. The Morgan fingerprint density at radius 3 is 2.95 bits per heavy atom. The molecule has 0 aliphatic carbocycles. The van der Waals surface area contributed by atoms with Gasteiger partial charge in [0.05, 0.1) is 5.02 Å². The predicted molar refractivity (Wildman–Crippen MR) is 84.4 cm³/mol. The van der Waals surface area contributed by atoms with Crippen molar-refractivity contribution in [1.29, 1.82) is 0 Å². The summed E-state index contributed by atoms with van der Waals surface area (Å²) in [6.07, 6.45) is 2.95. The molecular weight excluding hydrogens is 296 g/mol. The number of hydrogen-bond acceptors (Lipinski definition) is 4. The Hall–Kier alpha value is -0.550. The topological polar surface area (TPSA) is 24.9 Å². The van der Waals surface area contributed by atoms with E-state index in [4.69, 9.17) is 11.6 Å². The highest BCUT2D eigenvalue weighted by molar-refractivity contribution is 8.01. The maximum absolute atomic E-state index is 6.35. The summed E-state index contributed by atoms with van der Waals surface area (Å²) in [5.41, 5.74) is 1.22. The zero-order chi connectivity index (χ0) is 13.7. The molecule has 2 nitrogen and oxygen atoms in total. The summed E-state index contributed by atoms with van der Waals surface area (Å²) < 4.78 is 1.02. The standard InChI is InChI=1S/C14H17ClN2S2/c1-3-6-16-10(2)11-4-5-13(12(15)9-11)19-14-17-7-8-18-14/h4-5,7-10,16H,3,6H2,1-2H3. The Morgan fingerprint density at radius 1 is 1.47 bits per heavy atom. The lowest BCUT2D eigenvalue weighted by Gasteiger charge is -2.14. The largest absolute Gasteiger partial charge is 0.310 e. The number of aromatic nitrogens is 1. The number of nitrogens with one attached hydrogen (secondary N) is 1. The number of benzene rings is 1. The van der Waals surface area contributed by atoms with Crippen LogP contribution in [0.5, 0.6) is 0 Å². The SMILES string of the molecule is CCCNC(C)c1ccc(Sc2nccs2)c(Cl)c1. The smallest absolute Gasteiger partial charge is 0.154 e. The number of thiazole rings is 1. The summed E-state index contributed by atoms with van der Waals surface area (Å²) in [5.74, 6) is 0. The lowest BCUT2D eigenvalue weighted by atomic mass is 10.1. The van der Waals surface area contributed by atoms with Gasteiger partial charge in [-0.05, 0) is 37.6 Å². The maximum Gasteiger partial charge on any atom is 0.154 e. The van der Waals surface area contributed by atoms with E-state index in [1.54, 1.807) is 23.1 Å². The lowest BCUT2D eigenvalue weighted by Crippen LogP contribution is -2.19. The number of halogens is 1. The van der Waals surface area contributed by atoms with E-state index in [0.29, 0.717) is 6.04 Å². The molecule has 1 N–H and O–H groups in total. The van der Waals surface area contributed by atoms with E-state index >= 15 is 0 Å². The Labute approximate surface area is 127 Å². The predicted octanol–water partition coefficient (Wildman–Crippen LogP) is 5.01. The average Bonchev–Trinajstić information content (AvgIpc) is 2.91. The minimum Gasteiger partial charge on any atom is -0.310 e. The monoisotopic (exact) mass is 312 g/mol. The van der Waals surface area contributed by atoms with Gasteiger partial charge in [0.15, 0.2) is 4.34 Å². The van der Waals surface area contributed by atoms with E-state index in [1.807, 2.05) is 17.6 Å². The van der Waals surface area contributed by atoms with Gasteiger partial charge in [0.2, 0.25) is 0 Å². The summed E-state index contributed by atoms with van der Waals surface area (Å²) in [6.45, 7) is 5.35. The van der Waals surface area contributed by atoms with Gasteiger partial charge in [-0.25, -0.2) is 4.98 Å². The molecule has 5 heteroatoms. The van der Waals surface area contributed by atoms with Gasteiger partial charge >= 0.3 is 0 Å². The molecule has 0 aliphatic rings. The second kappa shape index (κ2) is 7.29. The Morgan fingerprint density at radius 2 is 2.32 bits per heavy atom. The Balaban J connectivity index is 2.08. The Bertz CT molecular complexity index is 514. The van der Waals surface area contributed by atoms with Crippen molar-refractivity contribution < 1.29 is 0 Å². The van der Waals surface area contributed by atoms with Crippen LogP contribution in [0.4, 0.5) is 0 Å². The first kappa shape index (κ1) is 14.9. The summed E-state index contributed by atoms with van der Waals surface area (Å²) >= 11 is 9.60. The van der Waals surface area contributed by atoms with Gasteiger partial charge in [-0.15, -0.1) is 11.3 Å². The van der Waals surface area contributed by atoms with Crippen LogP contribution >= 0.6 is 34.7 Å². The molecule has 1 aromatic carbocycles. The molecule has 2 rings (SSSR count). The fourth-order valence-corrected chi connectivity index (χ4v) is 3.59. The summed E-state index contributed by atoms with van der Waals surface area (Å²) in [6, 6.07) is 6.59. The lowest BCUT2D eigenvalue weighted by molar-refractivity contribution is 0.570. The average molecular weight is 313 g/mol. The van der Waals surface area contributed by atoms with Gasteiger partial charge < -0.3 is 5.32 Å². The molecular formula is C14H17ClN2S2. The van der Waals surface area contributed by atoms with E-state index in [0.717, 1.165) is 27.2 Å². The van der Waals surface area contributed by atoms with Crippen molar-refractivity contribution >= 4 is 34.7 Å². The van der Waals surface area contributed by atoms with E-state index in [9.17, 15) is 0 Å². The van der Waals surface area contributed by atoms with Gasteiger partial charge in [0.25, 0.3) is 0 Å².